The van der Waals surface area contributed by atoms with Gasteiger partial charge in [-0.15, -0.1) is 0 Å². The van der Waals surface area contributed by atoms with E-state index in [1.54, 1.807) is 19.3 Å². The lowest BCUT2D eigenvalue weighted by atomic mass is 9.89. The third-order valence-corrected chi connectivity index (χ3v) is 5.96. The number of ether oxygens (including phenoxy) is 1. The molecule has 1 aliphatic rings. The quantitative estimate of drug-likeness (QED) is 0.515. The van der Waals surface area contributed by atoms with E-state index in [1.165, 1.54) is 0 Å². The van der Waals surface area contributed by atoms with Crippen molar-refractivity contribution in [3.8, 4) is 5.75 Å². The maximum atomic E-state index is 12.2. The van der Waals surface area contributed by atoms with Crippen LogP contribution in [-0.4, -0.2) is 52.4 Å². The summed E-state index contributed by atoms with van der Waals surface area (Å²) < 4.78 is 11.5. The van der Waals surface area contributed by atoms with Gasteiger partial charge < -0.3 is 19.4 Å². The van der Waals surface area contributed by atoms with Gasteiger partial charge in [0.1, 0.15) is 22.7 Å². The first-order valence-electron chi connectivity index (χ1n) is 10.2. The van der Waals surface area contributed by atoms with Gasteiger partial charge >= 0.3 is 5.97 Å². The van der Waals surface area contributed by atoms with E-state index in [9.17, 15) is 15.0 Å². The zero-order valence-electron chi connectivity index (χ0n) is 17.0. The monoisotopic (exact) mass is 418 g/mol. The number of aromatic carboxylic acids is 1. The van der Waals surface area contributed by atoms with Crippen molar-refractivity contribution in [2.75, 3.05) is 26.3 Å². The first kappa shape index (κ1) is 19.5. The van der Waals surface area contributed by atoms with Crippen molar-refractivity contribution in [2.24, 2.45) is 0 Å². The smallest absolute Gasteiger partial charge is 0.339 e. The van der Waals surface area contributed by atoms with E-state index < -0.39 is 5.97 Å². The highest BCUT2D eigenvalue weighted by Crippen LogP contribution is 2.47. The summed E-state index contributed by atoms with van der Waals surface area (Å²) >= 11 is 0. The van der Waals surface area contributed by atoms with Crippen LogP contribution >= 0.6 is 0 Å². The molecule has 0 amide bonds. The molecule has 2 aromatic heterocycles. The number of aromatic nitrogens is 1. The van der Waals surface area contributed by atoms with E-state index in [-0.39, 0.29) is 17.4 Å². The van der Waals surface area contributed by atoms with Crippen LogP contribution in [0.5, 0.6) is 5.75 Å². The van der Waals surface area contributed by atoms with Crippen LogP contribution in [0.15, 0.2) is 53.2 Å². The Morgan fingerprint density at radius 1 is 1.10 bits per heavy atom. The number of hydrogen-bond donors (Lipinski definition) is 2. The van der Waals surface area contributed by atoms with Crippen LogP contribution in [0, 0.1) is 6.92 Å². The summed E-state index contributed by atoms with van der Waals surface area (Å²) in [6.45, 7) is 4.08. The molecule has 0 bridgehead atoms. The van der Waals surface area contributed by atoms with Crippen molar-refractivity contribution in [3.05, 3.63) is 71.2 Å². The number of phenolic OH excluding ortho intramolecular Hbond substituents is 1. The van der Waals surface area contributed by atoms with Crippen molar-refractivity contribution in [1.29, 1.82) is 0 Å². The number of carboxylic acid groups (broad SMARTS) is 1. The number of benzene rings is 2. The molecule has 5 rings (SSSR count). The van der Waals surface area contributed by atoms with Crippen molar-refractivity contribution >= 4 is 27.7 Å². The van der Waals surface area contributed by atoms with E-state index in [2.05, 4.69) is 9.88 Å². The molecule has 1 unspecified atom stereocenters. The van der Waals surface area contributed by atoms with Gasteiger partial charge in [-0.05, 0) is 24.6 Å². The molecule has 3 heterocycles. The van der Waals surface area contributed by atoms with Crippen molar-refractivity contribution in [1.82, 2.24) is 9.88 Å². The normalized spacial score (nSPS) is 16.0. The predicted octanol–water partition coefficient (Wildman–Crippen LogP) is 4.11. The zero-order valence-corrected chi connectivity index (χ0v) is 17.0. The maximum absolute atomic E-state index is 12.2. The summed E-state index contributed by atoms with van der Waals surface area (Å²) in [6.07, 6.45) is 3.41. The van der Waals surface area contributed by atoms with E-state index in [0.717, 1.165) is 5.56 Å². The van der Waals surface area contributed by atoms with Gasteiger partial charge in [0.25, 0.3) is 0 Å². The average Bonchev–Trinajstić information content (AvgIpc) is 3.15. The number of aryl methyl sites for hydroxylation is 1. The Kier molecular flexibility index (Phi) is 4.84. The number of nitrogens with zero attached hydrogens (tertiary/aromatic N) is 2. The molecule has 1 aliphatic heterocycles. The molecule has 1 saturated heterocycles. The van der Waals surface area contributed by atoms with Crippen LogP contribution in [0.1, 0.15) is 33.3 Å². The fraction of sp³-hybridized carbons (Fsp3) is 0.250. The predicted molar refractivity (Wildman–Crippen MR) is 116 cm³/mol. The molecule has 2 N–H and O–H groups in total. The summed E-state index contributed by atoms with van der Waals surface area (Å²) in [4.78, 5) is 18.6. The summed E-state index contributed by atoms with van der Waals surface area (Å²) in [5, 5.41) is 23.3. The standard InChI is InChI=1S/C24H22N2O5/c1-14-18(24(28)29)19-20(22(27)16-4-2-3-5-17(16)23(19)31-14)21(15-6-8-25-9-7-15)26-10-12-30-13-11-26/h2-9,21,27H,10-13H2,1H3,(H,28,29). The van der Waals surface area contributed by atoms with Crippen LogP contribution < -0.4 is 0 Å². The molecule has 158 valence electrons. The average molecular weight is 418 g/mol. The van der Waals surface area contributed by atoms with E-state index in [0.29, 0.717) is 59.4 Å². The Labute approximate surface area is 178 Å². The Hall–Kier alpha value is -3.42. The second kappa shape index (κ2) is 7.68. The summed E-state index contributed by atoms with van der Waals surface area (Å²) in [5.41, 5.74) is 2.01. The SMILES string of the molecule is Cc1oc2c(c1C(=O)O)c(C(c1ccncc1)N1CCOCC1)c(O)c1ccccc12. The lowest BCUT2D eigenvalue weighted by molar-refractivity contribution is 0.0238. The molecule has 0 spiro atoms. The van der Waals surface area contributed by atoms with Gasteiger partial charge in [0.2, 0.25) is 0 Å². The minimum Gasteiger partial charge on any atom is -0.507 e. The van der Waals surface area contributed by atoms with Gasteiger partial charge in [0.15, 0.2) is 0 Å². The molecule has 1 fully saturated rings. The molecular formula is C24H22N2O5. The third-order valence-electron chi connectivity index (χ3n) is 5.96. The molecule has 0 saturated carbocycles. The number of aromatic hydroxyl groups is 1. The van der Waals surface area contributed by atoms with Gasteiger partial charge in [0.05, 0.1) is 19.3 Å². The topological polar surface area (TPSA) is 96.0 Å². The molecule has 31 heavy (non-hydrogen) atoms. The lowest BCUT2D eigenvalue weighted by Crippen LogP contribution is -2.39. The Morgan fingerprint density at radius 3 is 2.45 bits per heavy atom. The summed E-state index contributed by atoms with van der Waals surface area (Å²) in [6, 6.07) is 10.8. The number of fused-ring (bicyclic) bond motifs is 3. The number of hydrogen-bond acceptors (Lipinski definition) is 6. The van der Waals surface area contributed by atoms with Crippen LogP contribution in [0.4, 0.5) is 0 Å². The molecule has 1 atom stereocenters. The number of carboxylic acids is 1. The highest BCUT2D eigenvalue weighted by Gasteiger charge is 2.33. The van der Waals surface area contributed by atoms with Gasteiger partial charge in [-0.25, -0.2) is 4.79 Å². The number of phenols is 1. The van der Waals surface area contributed by atoms with Crippen LogP contribution in [0.2, 0.25) is 0 Å². The number of morpholine rings is 1. The molecule has 7 nitrogen and oxygen atoms in total. The number of furan rings is 1. The first-order valence-corrected chi connectivity index (χ1v) is 10.2. The van der Waals surface area contributed by atoms with E-state index >= 15 is 0 Å². The summed E-state index contributed by atoms with van der Waals surface area (Å²) in [5.74, 6) is -0.697. The fourth-order valence-corrected chi connectivity index (χ4v) is 4.61. The second-order valence-corrected chi connectivity index (χ2v) is 7.68. The molecule has 4 aromatic rings. The van der Waals surface area contributed by atoms with Crippen molar-refractivity contribution < 1.29 is 24.2 Å². The zero-order chi connectivity index (χ0) is 21.5. The fourth-order valence-electron chi connectivity index (χ4n) is 4.61. The lowest BCUT2D eigenvalue weighted by Gasteiger charge is -2.35. The van der Waals surface area contributed by atoms with Crippen molar-refractivity contribution in [3.63, 3.8) is 0 Å². The van der Waals surface area contributed by atoms with Crippen LogP contribution in [0.25, 0.3) is 21.7 Å². The van der Waals surface area contributed by atoms with Gasteiger partial charge in [0, 0.05) is 47.2 Å². The Bertz CT molecular complexity index is 1280. The molecular weight excluding hydrogens is 396 g/mol. The second-order valence-electron chi connectivity index (χ2n) is 7.68. The number of pyridine rings is 1. The molecule has 0 radical (unpaired) electrons. The molecule has 2 aromatic carbocycles. The number of rotatable bonds is 4. The largest absolute Gasteiger partial charge is 0.507 e. The minimum atomic E-state index is -1.08. The van der Waals surface area contributed by atoms with E-state index in [4.69, 9.17) is 9.15 Å². The van der Waals surface area contributed by atoms with Gasteiger partial charge in [-0.3, -0.25) is 9.88 Å². The van der Waals surface area contributed by atoms with Gasteiger partial charge in [-0.2, -0.15) is 0 Å². The van der Waals surface area contributed by atoms with Crippen LogP contribution in [-0.2, 0) is 4.74 Å². The van der Waals surface area contributed by atoms with Gasteiger partial charge in [-0.1, -0.05) is 24.3 Å². The van der Waals surface area contributed by atoms with Crippen LogP contribution in [0.3, 0.4) is 0 Å². The highest BCUT2D eigenvalue weighted by atomic mass is 16.5. The van der Waals surface area contributed by atoms with E-state index in [1.807, 2.05) is 36.4 Å². The maximum Gasteiger partial charge on any atom is 0.339 e. The first-order chi connectivity index (χ1) is 15.1. The minimum absolute atomic E-state index is 0.0692. The molecule has 0 aliphatic carbocycles. The Balaban J connectivity index is 1.92. The summed E-state index contributed by atoms with van der Waals surface area (Å²) in [7, 11) is 0. The number of carbonyl (C=O) groups is 1. The molecule has 7 heteroatoms. The third kappa shape index (κ3) is 3.13. The highest BCUT2D eigenvalue weighted by molar-refractivity contribution is 6.16. The Morgan fingerprint density at radius 2 is 1.77 bits per heavy atom. The van der Waals surface area contributed by atoms with Crippen molar-refractivity contribution in [2.45, 2.75) is 13.0 Å².